The summed E-state index contributed by atoms with van der Waals surface area (Å²) in [5.74, 6) is 1.71. The first-order valence-electron chi connectivity index (χ1n) is 6.96. The molecule has 0 fully saturated rings. The number of ether oxygens (including phenoxy) is 2. The number of hydrogen-bond donors (Lipinski definition) is 1. The molecule has 0 bridgehead atoms. The van der Waals surface area contributed by atoms with E-state index in [1.54, 1.807) is 0 Å². The van der Waals surface area contributed by atoms with Crippen molar-refractivity contribution in [2.45, 2.75) is 19.8 Å². The van der Waals surface area contributed by atoms with Gasteiger partial charge in [0.25, 0.3) is 0 Å². The first-order valence-corrected chi connectivity index (χ1v) is 6.96. The SMILES string of the molecule is Cc1ccc(CCc2ccc3c(c2)OCCO3)cc1N. The van der Waals surface area contributed by atoms with Crippen LogP contribution < -0.4 is 15.2 Å². The van der Waals surface area contributed by atoms with Crippen LogP contribution in [0.15, 0.2) is 36.4 Å². The minimum atomic E-state index is 0.630. The van der Waals surface area contributed by atoms with Crippen LogP contribution in [0.1, 0.15) is 16.7 Å². The van der Waals surface area contributed by atoms with Gasteiger partial charge in [0, 0.05) is 5.69 Å². The molecular formula is C17H19NO2. The zero-order chi connectivity index (χ0) is 13.9. The molecule has 1 aliphatic rings. The maximum Gasteiger partial charge on any atom is 0.161 e. The number of fused-ring (bicyclic) bond motifs is 1. The molecule has 1 aliphatic heterocycles. The topological polar surface area (TPSA) is 44.5 Å². The van der Waals surface area contributed by atoms with Crippen molar-refractivity contribution in [3.05, 3.63) is 53.1 Å². The molecule has 2 aromatic rings. The zero-order valence-corrected chi connectivity index (χ0v) is 11.7. The number of rotatable bonds is 3. The molecule has 0 unspecified atom stereocenters. The van der Waals surface area contributed by atoms with Crippen LogP contribution in [0.5, 0.6) is 11.5 Å². The van der Waals surface area contributed by atoms with Gasteiger partial charge in [-0.25, -0.2) is 0 Å². The van der Waals surface area contributed by atoms with Crippen molar-refractivity contribution < 1.29 is 9.47 Å². The summed E-state index contributed by atoms with van der Waals surface area (Å²) in [6.07, 6.45) is 1.95. The van der Waals surface area contributed by atoms with E-state index < -0.39 is 0 Å². The van der Waals surface area contributed by atoms with Gasteiger partial charge in [-0.2, -0.15) is 0 Å². The van der Waals surface area contributed by atoms with E-state index in [4.69, 9.17) is 15.2 Å². The van der Waals surface area contributed by atoms with E-state index in [1.165, 1.54) is 11.1 Å². The van der Waals surface area contributed by atoms with Crippen molar-refractivity contribution in [3.8, 4) is 11.5 Å². The molecule has 0 amide bonds. The van der Waals surface area contributed by atoms with Crippen LogP contribution >= 0.6 is 0 Å². The van der Waals surface area contributed by atoms with Gasteiger partial charge in [0.1, 0.15) is 13.2 Å². The maximum absolute atomic E-state index is 5.94. The highest BCUT2D eigenvalue weighted by Gasteiger charge is 2.11. The Hall–Kier alpha value is -2.16. The summed E-state index contributed by atoms with van der Waals surface area (Å²) in [5, 5.41) is 0. The third kappa shape index (κ3) is 2.72. The summed E-state index contributed by atoms with van der Waals surface area (Å²) < 4.78 is 11.1. The molecule has 3 heteroatoms. The molecule has 2 N–H and O–H groups in total. The van der Waals surface area contributed by atoms with Gasteiger partial charge in [-0.15, -0.1) is 0 Å². The maximum atomic E-state index is 5.94. The van der Waals surface area contributed by atoms with Crippen LogP contribution in [0.3, 0.4) is 0 Å². The molecule has 104 valence electrons. The highest BCUT2D eigenvalue weighted by atomic mass is 16.6. The first-order chi connectivity index (χ1) is 9.72. The van der Waals surface area contributed by atoms with E-state index in [9.17, 15) is 0 Å². The molecule has 0 aliphatic carbocycles. The number of nitrogens with two attached hydrogens (primary N) is 1. The molecule has 0 atom stereocenters. The molecule has 0 spiro atoms. The third-order valence-electron chi connectivity index (χ3n) is 3.65. The highest BCUT2D eigenvalue weighted by Crippen LogP contribution is 2.31. The van der Waals surface area contributed by atoms with Crippen LogP contribution in [-0.2, 0) is 12.8 Å². The standard InChI is InChI=1S/C17H19NO2/c1-12-2-3-13(10-15(12)18)4-5-14-6-7-16-17(11-14)20-9-8-19-16/h2-3,6-7,10-11H,4-5,8-9,18H2,1H3. The second-order valence-corrected chi connectivity index (χ2v) is 5.17. The van der Waals surface area contributed by atoms with E-state index in [-0.39, 0.29) is 0 Å². The van der Waals surface area contributed by atoms with Crippen LogP contribution in [0, 0.1) is 6.92 Å². The summed E-state index contributed by atoms with van der Waals surface area (Å²) in [6, 6.07) is 12.5. The van der Waals surface area contributed by atoms with Crippen LogP contribution in [0.4, 0.5) is 5.69 Å². The molecule has 0 saturated heterocycles. The molecule has 0 saturated carbocycles. The van der Waals surface area contributed by atoms with Gasteiger partial charge in [0.15, 0.2) is 11.5 Å². The minimum Gasteiger partial charge on any atom is -0.486 e. The Labute approximate surface area is 119 Å². The fourth-order valence-corrected chi connectivity index (χ4v) is 2.38. The van der Waals surface area contributed by atoms with Crippen molar-refractivity contribution in [2.24, 2.45) is 0 Å². The Bertz CT molecular complexity index is 622. The van der Waals surface area contributed by atoms with Gasteiger partial charge >= 0.3 is 0 Å². The van der Waals surface area contributed by atoms with Gasteiger partial charge in [0.2, 0.25) is 0 Å². The monoisotopic (exact) mass is 269 g/mol. The Morgan fingerprint density at radius 2 is 1.55 bits per heavy atom. The van der Waals surface area contributed by atoms with Gasteiger partial charge in [-0.1, -0.05) is 18.2 Å². The summed E-state index contributed by atoms with van der Waals surface area (Å²) in [5.41, 5.74) is 10.5. The third-order valence-corrected chi connectivity index (χ3v) is 3.65. The van der Waals surface area contributed by atoms with Crippen LogP contribution in [0.25, 0.3) is 0 Å². The minimum absolute atomic E-state index is 0.630. The van der Waals surface area contributed by atoms with E-state index >= 15 is 0 Å². The van der Waals surface area contributed by atoms with Crippen LogP contribution in [0.2, 0.25) is 0 Å². The Morgan fingerprint density at radius 1 is 0.900 bits per heavy atom. The predicted molar refractivity (Wildman–Crippen MR) is 80.4 cm³/mol. The smallest absolute Gasteiger partial charge is 0.161 e. The number of anilines is 1. The van der Waals surface area contributed by atoms with Crippen molar-refractivity contribution in [1.29, 1.82) is 0 Å². The summed E-state index contributed by atoms with van der Waals surface area (Å²) in [6.45, 7) is 3.29. The van der Waals surface area contributed by atoms with Crippen molar-refractivity contribution in [2.75, 3.05) is 18.9 Å². The second kappa shape index (κ2) is 5.45. The van der Waals surface area contributed by atoms with E-state index in [0.717, 1.165) is 35.6 Å². The summed E-state index contributed by atoms with van der Waals surface area (Å²) >= 11 is 0. The van der Waals surface area contributed by atoms with E-state index in [0.29, 0.717) is 13.2 Å². The number of hydrogen-bond acceptors (Lipinski definition) is 3. The van der Waals surface area contributed by atoms with Crippen molar-refractivity contribution in [3.63, 3.8) is 0 Å². The normalized spacial score (nSPS) is 13.2. The predicted octanol–water partition coefficient (Wildman–Crippen LogP) is 3.13. The van der Waals surface area contributed by atoms with Gasteiger partial charge in [-0.05, 0) is 54.7 Å². The molecule has 0 radical (unpaired) electrons. The number of benzene rings is 2. The van der Waals surface area contributed by atoms with E-state index in [2.05, 4.69) is 30.3 Å². The zero-order valence-electron chi connectivity index (χ0n) is 11.7. The lowest BCUT2D eigenvalue weighted by atomic mass is 10.0. The molecule has 3 nitrogen and oxygen atoms in total. The van der Waals surface area contributed by atoms with Crippen molar-refractivity contribution >= 4 is 5.69 Å². The number of aryl methyl sites for hydroxylation is 3. The molecule has 0 aromatic heterocycles. The molecule has 1 heterocycles. The fraction of sp³-hybridized carbons (Fsp3) is 0.294. The van der Waals surface area contributed by atoms with Gasteiger partial charge < -0.3 is 15.2 Å². The molecule has 2 aromatic carbocycles. The van der Waals surface area contributed by atoms with Gasteiger partial charge in [0.05, 0.1) is 0 Å². The average Bonchev–Trinajstić information content (AvgIpc) is 2.48. The van der Waals surface area contributed by atoms with Crippen LogP contribution in [-0.4, -0.2) is 13.2 Å². The van der Waals surface area contributed by atoms with Gasteiger partial charge in [-0.3, -0.25) is 0 Å². The molecule has 3 rings (SSSR count). The number of nitrogen functional groups attached to an aromatic ring is 1. The lowest BCUT2D eigenvalue weighted by Gasteiger charge is -2.18. The fourth-order valence-electron chi connectivity index (χ4n) is 2.38. The van der Waals surface area contributed by atoms with E-state index in [1.807, 2.05) is 13.0 Å². The molecule has 20 heavy (non-hydrogen) atoms. The Balaban J connectivity index is 1.70. The largest absolute Gasteiger partial charge is 0.486 e. The Morgan fingerprint density at radius 3 is 2.30 bits per heavy atom. The lowest BCUT2D eigenvalue weighted by Crippen LogP contribution is -2.15. The lowest BCUT2D eigenvalue weighted by molar-refractivity contribution is 0.171. The second-order valence-electron chi connectivity index (χ2n) is 5.17. The quantitative estimate of drug-likeness (QED) is 0.871. The summed E-state index contributed by atoms with van der Waals surface area (Å²) in [4.78, 5) is 0. The first kappa shape index (κ1) is 12.9. The molecular weight excluding hydrogens is 250 g/mol. The Kier molecular flexibility index (Phi) is 3.50. The summed E-state index contributed by atoms with van der Waals surface area (Å²) in [7, 11) is 0. The highest BCUT2D eigenvalue weighted by molar-refractivity contribution is 5.48. The average molecular weight is 269 g/mol. The van der Waals surface area contributed by atoms with Crippen molar-refractivity contribution in [1.82, 2.24) is 0 Å².